The standard InChI is InChI=1S/C26H38N6O4Si/c1-18(29-26(34)35)19-6-8-20(9-7-19)25(33)30-22-10-12-27-24-21(22)16-23(32-13-5-11-28-32)31(24)17-36-14-15-37(2,3)4/h5,10-13,16,18-20,29H,6-9,14-15,17H2,1-4H3,(H,34,35)(H,27,30,33)/t18?,19-,20-. The van der Waals surface area contributed by atoms with Crippen molar-refractivity contribution in [3.05, 3.63) is 36.8 Å². The van der Waals surface area contributed by atoms with Gasteiger partial charge in [-0.3, -0.25) is 9.36 Å². The molecule has 11 heteroatoms. The molecule has 0 radical (unpaired) electrons. The zero-order valence-electron chi connectivity index (χ0n) is 22.1. The van der Waals surface area contributed by atoms with E-state index in [-0.39, 0.29) is 23.8 Å². The number of nitrogens with zero attached hydrogens (tertiary/aromatic N) is 4. The highest BCUT2D eigenvalue weighted by Crippen LogP contribution is 2.33. The van der Waals surface area contributed by atoms with Crippen LogP contribution in [0.25, 0.3) is 16.9 Å². The molecule has 0 aromatic carbocycles. The number of carboxylic acid groups (broad SMARTS) is 1. The van der Waals surface area contributed by atoms with Crippen molar-refractivity contribution >= 4 is 36.8 Å². The molecular formula is C26H38N6O4Si. The van der Waals surface area contributed by atoms with Gasteiger partial charge >= 0.3 is 6.09 Å². The summed E-state index contributed by atoms with van der Waals surface area (Å²) in [6.07, 6.45) is 7.43. The molecule has 3 heterocycles. The quantitative estimate of drug-likeness (QED) is 0.254. The van der Waals surface area contributed by atoms with Gasteiger partial charge in [-0.25, -0.2) is 14.5 Å². The molecular weight excluding hydrogens is 488 g/mol. The van der Waals surface area contributed by atoms with E-state index in [0.29, 0.717) is 19.0 Å². The molecule has 1 aliphatic rings. The van der Waals surface area contributed by atoms with E-state index in [0.717, 1.165) is 48.6 Å². The van der Waals surface area contributed by atoms with Gasteiger partial charge in [-0.05, 0) is 62.8 Å². The first-order valence-electron chi connectivity index (χ1n) is 13.0. The molecule has 3 N–H and O–H groups in total. The predicted molar refractivity (Wildman–Crippen MR) is 146 cm³/mol. The fraction of sp³-hybridized carbons (Fsp3) is 0.538. The molecule has 200 valence electrons. The average molecular weight is 527 g/mol. The smallest absolute Gasteiger partial charge is 0.404 e. The van der Waals surface area contributed by atoms with Crippen LogP contribution >= 0.6 is 0 Å². The van der Waals surface area contributed by atoms with Crippen molar-refractivity contribution in [1.82, 2.24) is 24.6 Å². The number of carbonyl (C=O) groups is 2. The van der Waals surface area contributed by atoms with Gasteiger partial charge in [0.15, 0.2) is 0 Å². The highest BCUT2D eigenvalue weighted by molar-refractivity contribution is 6.76. The van der Waals surface area contributed by atoms with Gasteiger partial charge in [0.25, 0.3) is 0 Å². The monoisotopic (exact) mass is 526 g/mol. The Balaban J connectivity index is 1.49. The number of carbonyl (C=O) groups excluding carboxylic acids is 1. The second-order valence-electron chi connectivity index (χ2n) is 11.2. The van der Waals surface area contributed by atoms with Crippen LogP contribution in [-0.4, -0.2) is 57.2 Å². The third-order valence-electron chi connectivity index (χ3n) is 7.19. The molecule has 0 aliphatic heterocycles. The normalized spacial score (nSPS) is 19.0. The third kappa shape index (κ3) is 6.78. The van der Waals surface area contributed by atoms with Crippen LogP contribution in [0.2, 0.25) is 25.7 Å². The lowest BCUT2D eigenvalue weighted by atomic mass is 9.78. The number of hydrogen-bond acceptors (Lipinski definition) is 5. The van der Waals surface area contributed by atoms with Gasteiger partial charge < -0.3 is 20.5 Å². The van der Waals surface area contributed by atoms with Gasteiger partial charge in [0.1, 0.15) is 18.2 Å². The van der Waals surface area contributed by atoms with Gasteiger partial charge in [-0.2, -0.15) is 5.10 Å². The lowest BCUT2D eigenvalue weighted by Gasteiger charge is -2.31. The van der Waals surface area contributed by atoms with Crippen LogP contribution in [0.3, 0.4) is 0 Å². The number of ether oxygens (including phenoxy) is 1. The molecule has 10 nitrogen and oxygen atoms in total. The molecule has 0 spiro atoms. The number of pyridine rings is 1. The zero-order valence-corrected chi connectivity index (χ0v) is 23.1. The fourth-order valence-electron chi connectivity index (χ4n) is 4.93. The summed E-state index contributed by atoms with van der Waals surface area (Å²) < 4.78 is 9.83. The first-order chi connectivity index (χ1) is 17.6. The maximum Gasteiger partial charge on any atom is 0.404 e. The third-order valence-corrected chi connectivity index (χ3v) is 8.89. The lowest BCUT2D eigenvalue weighted by molar-refractivity contribution is -0.121. The van der Waals surface area contributed by atoms with Crippen molar-refractivity contribution in [2.24, 2.45) is 11.8 Å². The van der Waals surface area contributed by atoms with Gasteiger partial charge in [-0.1, -0.05) is 19.6 Å². The SMILES string of the molecule is CC(NC(=O)O)[C@H]1CC[C@H](C(=O)Nc2ccnc3c2cc(-n2cccn2)n3COCC[Si](C)(C)C)CC1. The minimum atomic E-state index is -1.21. The highest BCUT2D eigenvalue weighted by atomic mass is 28.3. The molecule has 3 aromatic rings. The van der Waals surface area contributed by atoms with Crippen LogP contribution in [0, 0.1) is 11.8 Å². The van der Waals surface area contributed by atoms with E-state index in [1.54, 1.807) is 17.1 Å². The Bertz CT molecular complexity index is 1210. The van der Waals surface area contributed by atoms with Crippen LogP contribution in [0.1, 0.15) is 32.6 Å². The highest BCUT2D eigenvalue weighted by Gasteiger charge is 2.30. The number of aromatic nitrogens is 4. The Kier molecular flexibility index (Phi) is 8.33. The van der Waals surface area contributed by atoms with Crippen molar-refractivity contribution in [2.45, 2.75) is 71.1 Å². The molecule has 3 aromatic heterocycles. The number of rotatable bonds is 10. The molecule has 1 unspecified atom stereocenters. The van der Waals surface area contributed by atoms with Crippen LogP contribution in [-0.2, 0) is 16.3 Å². The summed E-state index contributed by atoms with van der Waals surface area (Å²) in [5, 5.41) is 19.9. The summed E-state index contributed by atoms with van der Waals surface area (Å²) in [6.45, 7) is 9.91. The van der Waals surface area contributed by atoms with Gasteiger partial charge in [0, 0.05) is 50.6 Å². The van der Waals surface area contributed by atoms with Gasteiger partial charge in [0.2, 0.25) is 5.91 Å². The Labute approximate surface area is 218 Å². The molecule has 4 rings (SSSR count). The molecule has 0 saturated heterocycles. The molecule has 1 atom stereocenters. The summed E-state index contributed by atoms with van der Waals surface area (Å²) in [4.78, 5) is 28.8. The van der Waals surface area contributed by atoms with E-state index >= 15 is 0 Å². The Morgan fingerprint density at radius 1 is 1.22 bits per heavy atom. The van der Waals surface area contributed by atoms with Crippen molar-refractivity contribution in [3.8, 4) is 5.82 Å². The van der Waals surface area contributed by atoms with E-state index in [4.69, 9.17) is 9.84 Å². The molecule has 2 amide bonds. The minimum absolute atomic E-state index is 0.00966. The Morgan fingerprint density at radius 3 is 2.62 bits per heavy atom. The fourth-order valence-corrected chi connectivity index (χ4v) is 5.69. The average Bonchev–Trinajstić information content (AvgIpc) is 3.49. The Hall–Kier alpha value is -3.18. The first kappa shape index (κ1) is 26.9. The van der Waals surface area contributed by atoms with Crippen LogP contribution < -0.4 is 10.6 Å². The number of fused-ring (bicyclic) bond motifs is 1. The predicted octanol–water partition coefficient (Wildman–Crippen LogP) is 4.94. The van der Waals surface area contributed by atoms with Crippen molar-refractivity contribution in [3.63, 3.8) is 0 Å². The van der Waals surface area contributed by atoms with E-state index in [2.05, 4.69) is 40.4 Å². The lowest BCUT2D eigenvalue weighted by Crippen LogP contribution is -2.39. The second-order valence-corrected chi connectivity index (χ2v) is 16.8. The Morgan fingerprint density at radius 2 is 1.97 bits per heavy atom. The summed E-state index contributed by atoms with van der Waals surface area (Å²) in [5.74, 6) is 0.959. The van der Waals surface area contributed by atoms with Gasteiger partial charge in [-0.15, -0.1) is 0 Å². The molecule has 37 heavy (non-hydrogen) atoms. The van der Waals surface area contributed by atoms with E-state index in [1.165, 1.54) is 0 Å². The van der Waals surface area contributed by atoms with Crippen LogP contribution in [0.5, 0.6) is 0 Å². The maximum atomic E-state index is 13.2. The number of anilines is 1. The van der Waals surface area contributed by atoms with Crippen molar-refractivity contribution in [2.75, 3.05) is 11.9 Å². The zero-order chi connectivity index (χ0) is 26.6. The summed E-state index contributed by atoms with van der Waals surface area (Å²) in [6, 6.07) is 6.64. The summed E-state index contributed by atoms with van der Waals surface area (Å²) in [5.41, 5.74) is 1.45. The molecule has 1 fully saturated rings. The van der Waals surface area contributed by atoms with Crippen LogP contribution in [0.15, 0.2) is 36.8 Å². The van der Waals surface area contributed by atoms with E-state index < -0.39 is 14.2 Å². The largest absolute Gasteiger partial charge is 0.465 e. The number of hydrogen-bond donors (Lipinski definition) is 3. The number of nitrogens with one attached hydrogen (secondary N) is 2. The van der Waals surface area contributed by atoms with E-state index in [9.17, 15) is 9.59 Å². The molecule has 0 bridgehead atoms. The van der Waals surface area contributed by atoms with Gasteiger partial charge in [0.05, 0.1) is 5.69 Å². The minimum Gasteiger partial charge on any atom is -0.465 e. The maximum absolute atomic E-state index is 13.2. The molecule has 1 aliphatic carbocycles. The van der Waals surface area contributed by atoms with Crippen molar-refractivity contribution < 1.29 is 19.4 Å². The number of amides is 2. The summed E-state index contributed by atoms with van der Waals surface area (Å²) in [7, 11) is -1.21. The van der Waals surface area contributed by atoms with Crippen molar-refractivity contribution in [1.29, 1.82) is 0 Å². The topological polar surface area (TPSA) is 123 Å². The van der Waals surface area contributed by atoms with E-state index in [1.807, 2.05) is 35.9 Å². The summed E-state index contributed by atoms with van der Waals surface area (Å²) >= 11 is 0. The second kappa shape index (κ2) is 11.5. The first-order valence-corrected chi connectivity index (χ1v) is 16.7. The molecule has 1 saturated carbocycles. The van der Waals surface area contributed by atoms with Crippen LogP contribution in [0.4, 0.5) is 10.5 Å².